The van der Waals surface area contributed by atoms with E-state index in [1.165, 1.54) is 11.3 Å². The molecule has 11 heavy (non-hydrogen) atoms. The van der Waals surface area contributed by atoms with Gasteiger partial charge in [0, 0.05) is 0 Å². The summed E-state index contributed by atoms with van der Waals surface area (Å²) in [4.78, 5) is 4.10. The molecule has 3 heteroatoms. The van der Waals surface area contributed by atoms with E-state index in [-0.39, 0.29) is 0 Å². The number of nitrogens with two attached hydrogens (primary N) is 1. The minimum absolute atomic E-state index is 0.752. The first-order chi connectivity index (χ1) is 5.24. The van der Waals surface area contributed by atoms with Gasteiger partial charge in [0.2, 0.25) is 0 Å². The molecule has 0 saturated carbocycles. The van der Waals surface area contributed by atoms with Crippen LogP contribution >= 0.6 is 11.3 Å². The molecule has 1 aromatic rings. The van der Waals surface area contributed by atoms with Crippen molar-refractivity contribution in [1.29, 1.82) is 0 Å². The highest BCUT2D eigenvalue weighted by molar-refractivity contribution is 7.15. The van der Waals surface area contributed by atoms with E-state index in [1.807, 2.05) is 20.8 Å². The van der Waals surface area contributed by atoms with Crippen molar-refractivity contribution < 1.29 is 0 Å². The maximum absolute atomic E-state index is 5.54. The van der Waals surface area contributed by atoms with E-state index in [0.29, 0.717) is 0 Å². The van der Waals surface area contributed by atoms with Gasteiger partial charge in [-0.2, -0.15) is 0 Å². The molecular formula is C8H14N2S. The Morgan fingerprint density at radius 1 is 1.55 bits per heavy atom. The van der Waals surface area contributed by atoms with Gasteiger partial charge in [-0.05, 0) is 13.0 Å². The molecule has 0 aromatic carbocycles. The summed E-state index contributed by atoms with van der Waals surface area (Å²) in [6.45, 7) is 9.49. The second-order valence-electron chi connectivity index (χ2n) is 1.69. The number of thiazole rings is 1. The third-order valence-electron chi connectivity index (χ3n) is 0.981. The summed E-state index contributed by atoms with van der Waals surface area (Å²) < 4.78 is 0. The number of rotatable bonds is 1. The molecule has 0 aliphatic carbocycles. The summed E-state index contributed by atoms with van der Waals surface area (Å²) in [7, 11) is 0. The van der Waals surface area contributed by atoms with Gasteiger partial charge >= 0.3 is 0 Å². The quantitative estimate of drug-likeness (QED) is 0.703. The van der Waals surface area contributed by atoms with Crippen LogP contribution in [0.1, 0.15) is 24.5 Å². The van der Waals surface area contributed by atoms with E-state index >= 15 is 0 Å². The van der Waals surface area contributed by atoms with Crippen LogP contribution < -0.4 is 5.73 Å². The third kappa shape index (κ3) is 2.72. The van der Waals surface area contributed by atoms with Crippen LogP contribution in [-0.2, 0) is 0 Å². The third-order valence-corrected chi connectivity index (χ3v) is 1.80. The van der Waals surface area contributed by atoms with Crippen LogP contribution in [0.15, 0.2) is 6.58 Å². The number of nitrogens with zero attached hydrogens (tertiary/aromatic N) is 1. The monoisotopic (exact) mass is 170 g/mol. The number of anilines is 1. The molecule has 0 unspecified atom stereocenters. The van der Waals surface area contributed by atoms with Crippen LogP contribution in [0.5, 0.6) is 0 Å². The predicted molar refractivity (Wildman–Crippen MR) is 52.7 cm³/mol. The lowest BCUT2D eigenvalue weighted by Gasteiger charge is -1.81. The van der Waals surface area contributed by atoms with Gasteiger partial charge in [0.25, 0.3) is 0 Å². The highest BCUT2D eigenvalue weighted by Gasteiger charge is 1.98. The maximum atomic E-state index is 5.54. The standard InChI is InChI=1S/C6H8N2S.C2H6/c1-3-5-6(7)9-4(2)8-5;1-2/h3H,1,7H2,2H3;1-2H3. The Balaban J connectivity index is 0.000000461. The van der Waals surface area contributed by atoms with Crippen molar-refractivity contribution in [3.8, 4) is 0 Å². The summed E-state index contributed by atoms with van der Waals surface area (Å²) in [6, 6.07) is 0. The number of nitrogen functional groups attached to an aromatic ring is 1. The smallest absolute Gasteiger partial charge is 0.114 e. The van der Waals surface area contributed by atoms with Crippen molar-refractivity contribution in [3.05, 3.63) is 17.3 Å². The van der Waals surface area contributed by atoms with Crippen LogP contribution in [0.3, 0.4) is 0 Å². The summed E-state index contributed by atoms with van der Waals surface area (Å²) in [5, 5.41) is 1.74. The molecule has 0 atom stereocenters. The second-order valence-corrected chi connectivity index (χ2v) is 2.92. The summed E-state index contributed by atoms with van der Waals surface area (Å²) >= 11 is 1.49. The van der Waals surface area contributed by atoms with Gasteiger partial charge < -0.3 is 5.73 Å². The minimum Gasteiger partial charge on any atom is -0.389 e. The predicted octanol–water partition coefficient (Wildman–Crippen LogP) is 2.70. The van der Waals surface area contributed by atoms with Gasteiger partial charge in [0.05, 0.1) is 10.7 Å². The molecule has 62 valence electrons. The minimum atomic E-state index is 0.752. The lowest BCUT2D eigenvalue weighted by molar-refractivity contribution is 1.28. The molecule has 0 radical (unpaired) electrons. The molecule has 0 aliphatic heterocycles. The molecule has 0 amide bonds. The Labute approximate surface area is 71.8 Å². The first kappa shape index (κ1) is 10.2. The maximum Gasteiger partial charge on any atom is 0.114 e. The number of hydrogen-bond acceptors (Lipinski definition) is 3. The molecule has 0 saturated heterocycles. The fraction of sp³-hybridized carbons (Fsp3) is 0.375. The lowest BCUT2D eigenvalue weighted by atomic mass is 10.4. The molecule has 0 spiro atoms. The van der Waals surface area contributed by atoms with Crippen LogP contribution in [0.25, 0.3) is 6.08 Å². The average molecular weight is 170 g/mol. The van der Waals surface area contributed by atoms with Crippen molar-refractivity contribution in [3.63, 3.8) is 0 Å². The largest absolute Gasteiger partial charge is 0.389 e. The molecule has 0 fully saturated rings. The van der Waals surface area contributed by atoms with Crippen molar-refractivity contribution in [2.45, 2.75) is 20.8 Å². The highest BCUT2D eigenvalue weighted by atomic mass is 32.1. The number of hydrogen-bond donors (Lipinski definition) is 1. The van der Waals surface area contributed by atoms with E-state index < -0.39 is 0 Å². The normalized spacial score (nSPS) is 8.27. The van der Waals surface area contributed by atoms with Crippen LogP contribution in [0, 0.1) is 6.92 Å². The van der Waals surface area contributed by atoms with Gasteiger partial charge in [-0.15, -0.1) is 11.3 Å². The second kappa shape index (κ2) is 4.91. The number of aryl methyl sites for hydroxylation is 1. The van der Waals surface area contributed by atoms with Crippen molar-refractivity contribution >= 4 is 22.4 Å². The van der Waals surface area contributed by atoms with E-state index in [4.69, 9.17) is 5.73 Å². The molecule has 0 aliphatic rings. The van der Waals surface area contributed by atoms with Crippen LogP contribution in [-0.4, -0.2) is 4.98 Å². The molecule has 0 bridgehead atoms. The van der Waals surface area contributed by atoms with E-state index in [1.54, 1.807) is 6.08 Å². The Morgan fingerprint density at radius 2 is 2.09 bits per heavy atom. The van der Waals surface area contributed by atoms with Gasteiger partial charge in [-0.1, -0.05) is 20.4 Å². The molecule has 1 aromatic heterocycles. The zero-order chi connectivity index (χ0) is 8.85. The van der Waals surface area contributed by atoms with E-state index in [9.17, 15) is 0 Å². The highest BCUT2D eigenvalue weighted by Crippen LogP contribution is 2.20. The van der Waals surface area contributed by atoms with Crippen molar-refractivity contribution in [2.24, 2.45) is 0 Å². The Morgan fingerprint density at radius 3 is 2.27 bits per heavy atom. The molecule has 1 heterocycles. The summed E-state index contributed by atoms with van der Waals surface area (Å²) in [5.74, 6) is 0. The lowest BCUT2D eigenvalue weighted by Crippen LogP contribution is -1.81. The first-order valence-corrected chi connectivity index (χ1v) is 4.41. The Kier molecular flexibility index (Phi) is 4.54. The molecule has 2 N–H and O–H groups in total. The van der Waals surface area contributed by atoms with E-state index in [2.05, 4.69) is 11.6 Å². The van der Waals surface area contributed by atoms with Gasteiger partial charge in [-0.25, -0.2) is 4.98 Å². The van der Waals surface area contributed by atoms with Gasteiger partial charge in [-0.3, -0.25) is 0 Å². The molecular weight excluding hydrogens is 156 g/mol. The zero-order valence-corrected chi connectivity index (χ0v) is 8.03. The number of aromatic nitrogens is 1. The van der Waals surface area contributed by atoms with Crippen molar-refractivity contribution in [2.75, 3.05) is 5.73 Å². The molecule has 2 nitrogen and oxygen atoms in total. The fourth-order valence-electron chi connectivity index (χ4n) is 0.605. The molecule has 1 rings (SSSR count). The summed E-state index contributed by atoms with van der Waals surface area (Å²) in [6.07, 6.45) is 1.67. The fourth-order valence-corrected chi connectivity index (χ4v) is 1.30. The van der Waals surface area contributed by atoms with E-state index in [0.717, 1.165) is 15.7 Å². The topological polar surface area (TPSA) is 38.9 Å². The Bertz CT molecular complexity index is 228. The van der Waals surface area contributed by atoms with Crippen molar-refractivity contribution in [1.82, 2.24) is 4.98 Å². The first-order valence-electron chi connectivity index (χ1n) is 3.59. The average Bonchev–Trinajstić information content (AvgIpc) is 2.33. The van der Waals surface area contributed by atoms with Gasteiger partial charge in [0.15, 0.2) is 0 Å². The SMILES string of the molecule is C=Cc1nc(C)sc1N.CC. The zero-order valence-electron chi connectivity index (χ0n) is 7.22. The summed E-state index contributed by atoms with van der Waals surface area (Å²) in [5.41, 5.74) is 6.34. The van der Waals surface area contributed by atoms with Crippen LogP contribution in [0.4, 0.5) is 5.00 Å². The Hall–Kier alpha value is -0.830. The van der Waals surface area contributed by atoms with Crippen LogP contribution in [0.2, 0.25) is 0 Å². The van der Waals surface area contributed by atoms with Gasteiger partial charge in [0.1, 0.15) is 5.00 Å².